The first-order valence-corrected chi connectivity index (χ1v) is 3.99. The third-order valence-electron chi connectivity index (χ3n) is 1.58. The standard InChI is InChI=1S/C10H7FN2O2/c1-15-10(14)3-2-7-4-8(11)9(5-12)13-6-7/h2-4,6H,1H3/b3-2+. The van der Waals surface area contributed by atoms with Crippen LogP contribution in [0.5, 0.6) is 0 Å². The molecular weight excluding hydrogens is 199 g/mol. The summed E-state index contributed by atoms with van der Waals surface area (Å²) < 4.78 is 17.4. The lowest BCUT2D eigenvalue weighted by Gasteiger charge is -1.95. The minimum absolute atomic E-state index is 0.273. The maximum Gasteiger partial charge on any atom is 0.330 e. The molecule has 0 aromatic carbocycles. The molecule has 76 valence electrons. The Morgan fingerprint density at radius 1 is 1.73 bits per heavy atom. The maximum absolute atomic E-state index is 13.0. The number of pyridine rings is 1. The number of aromatic nitrogens is 1. The molecule has 0 unspecified atom stereocenters. The van der Waals surface area contributed by atoms with E-state index in [4.69, 9.17) is 5.26 Å². The summed E-state index contributed by atoms with van der Waals surface area (Å²) in [6.07, 6.45) is 3.78. The van der Waals surface area contributed by atoms with E-state index in [1.54, 1.807) is 6.07 Å². The first kappa shape index (κ1) is 10.9. The number of halogens is 1. The van der Waals surface area contributed by atoms with Crippen molar-refractivity contribution in [3.05, 3.63) is 35.4 Å². The van der Waals surface area contributed by atoms with Gasteiger partial charge in [0.25, 0.3) is 0 Å². The van der Waals surface area contributed by atoms with Crippen LogP contribution in [0.3, 0.4) is 0 Å². The smallest absolute Gasteiger partial charge is 0.330 e. The molecule has 1 aromatic heterocycles. The number of ether oxygens (including phenoxy) is 1. The number of nitrogens with zero attached hydrogens (tertiary/aromatic N) is 2. The van der Waals surface area contributed by atoms with Gasteiger partial charge < -0.3 is 4.74 Å². The maximum atomic E-state index is 13.0. The van der Waals surface area contributed by atoms with Crippen LogP contribution in [0, 0.1) is 17.1 Å². The molecule has 1 heterocycles. The molecule has 4 nitrogen and oxygen atoms in total. The number of carbonyl (C=O) groups is 1. The van der Waals surface area contributed by atoms with E-state index < -0.39 is 11.8 Å². The molecule has 0 aliphatic heterocycles. The average molecular weight is 206 g/mol. The Hall–Kier alpha value is -2.22. The van der Waals surface area contributed by atoms with Crippen molar-refractivity contribution in [2.24, 2.45) is 0 Å². The second-order valence-electron chi connectivity index (χ2n) is 2.57. The molecule has 0 radical (unpaired) electrons. The summed E-state index contributed by atoms with van der Waals surface area (Å²) in [6.45, 7) is 0. The number of hydrogen-bond donors (Lipinski definition) is 0. The zero-order chi connectivity index (χ0) is 11.3. The lowest BCUT2D eigenvalue weighted by Crippen LogP contribution is -1.94. The van der Waals surface area contributed by atoms with Gasteiger partial charge in [-0.15, -0.1) is 0 Å². The van der Waals surface area contributed by atoms with Crippen LogP contribution < -0.4 is 0 Å². The second kappa shape index (κ2) is 4.86. The fourth-order valence-electron chi connectivity index (χ4n) is 0.858. The molecule has 0 atom stereocenters. The van der Waals surface area contributed by atoms with Crippen LogP contribution in [0.4, 0.5) is 4.39 Å². The summed E-state index contributed by atoms with van der Waals surface area (Å²) in [5.74, 6) is -1.26. The van der Waals surface area contributed by atoms with E-state index >= 15 is 0 Å². The van der Waals surface area contributed by atoms with Gasteiger partial charge in [-0.05, 0) is 17.7 Å². The predicted octanol–water partition coefficient (Wildman–Crippen LogP) is 1.28. The van der Waals surface area contributed by atoms with Crippen LogP contribution in [-0.2, 0) is 9.53 Å². The predicted molar refractivity (Wildman–Crippen MR) is 50.0 cm³/mol. The quantitative estimate of drug-likeness (QED) is 0.540. The van der Waals surface area contributed by atoms with Crippen LogP contribution in [0.1, 0.15) is 11.3 Å². The van der Waals surface area contributed by atoms with Crippen molar-refractivity contribution in [1.29, 1.82) is 5.26 Å². The molecule has 15 heavy (non-hydrogen) atoms. The Morgan fingerprint density at radius 3 is 3.00 bits per heavy atom. The number of hydrogen-bond acceptors (Lipinski definition) is 4. The second-order valence-corrected chi connectivity index (χ2v) is 2.57. The lowest BCUT2D eigenvalue weighted by atomic mass is 10.2. The Bertz CT molecular complexity index is 449. The van der Waals surface area contributed by atoms with Crippen LogP contribution in [0.15, 0.2) is 18.3 Å². The molecular formula is C10H7FN2O2. The summed E-state index contributed by atoms with van der Waals surface area (Å²) in [6, 6.07) is 2.71. The molecule has 1 rings (SSSR count). The molecule has 0 spiro atoms. The van der Waals surface area contributed by atoms with Crippen molar-refractivity contribution >= 4 is 12.0 Å². The largest absolute Gasteiger partial charge is 0.466 e. The normalized spacial score (nSPS) is 9.93. The van der Waals surface area contributed by atoms with Gasteiger partial charge in [0.2, 0.25) is 0 Å². The minimum atomic E-state index is -0.718. The Morgan fingerprint density at radius 2 is 2.47 bits per heavy atom. The van der Waals surface area contributed by atoms with E-state index in [0.29, 0.717) is 5.56 Å². The van der Waals surface area contributed by atoms with E-state index in [2.05, 4.69) is 9.72 Å². The van der Waals surface area contributed by atoms with Gasteiger partial charge in [-0.25, -0.2) is 14.2 Å². The van der Waals surface area contributed by atoms with Gasteiger partial charge in [-0.2, -0.15) is 5.26 Å². The molecule has 0 amide bonds. The molecule has 0 N–H and O–H groups in total. The zero-order valence-corrected chi connectivity index (χ0v) is 7.90. The SMILES string of the molecule is COC(=O)/C=C/c1cnc(C#N)c(F)c1. The number of carbonyl (C=O) groups excluding carboxylic acids is 1. The average Bonchev–Trinajstić information content (AvgIpc) is 2.26. The fraction of sp³-hybridized carbons (Fsp3) is 0.100. The van der Waals surface area contributed by atoms with Gasteiger partial charge in [0.05, 0.1) is 7.11 Å². The molecule has 0 aliphatic carbocycles. The lowest BCUT2D eigenvalue weighted by molar-refractivity contribution is -0.134. The monoisotopic (exact) mass is 206 g/mol. The summed E-state index contributed by atoms with van der Waals surface area (Å²) in [5, 5.41) is 8.42. The highest BCUT2D eigenvalue weighted by molar-refractivity contribution is 5.86. The Labute approximate surface area is 85.6 Å². The third kappa shape index (κ3) is 2.88. The van der Waals surface area contributed by atoms with Crippen LogP contribution in [0.2, 0.25) is 0 Å². The molecule has 0 fully saturated rings. The van der Waals surface area contributed by atoms with Crippen molar-refractivity contribution in [2.45, 2.75) is 0 Å². The van der Waals surface area contributed by atoms with Crippen LogP contribution in [0.25, 0.3) is 6.08 Å². The molecule has 0 saturated carbocycles. The summed E-state index contributed by atoms with van der Waals surface area (Å²) in [7, 11) is 1.24. The van der Waals surface area contributed by atoms with E-state index in [1.807, 2.05) is 0 Å². The zero-order valence-electron chi connectivity index (χ0n) is 7.90. The molecule has 0 aliphatic rings. The molecule has 1 aromatic rings. The van der Waals surface area contributed by atoms with Crippen molar-refractivity contribution < 1.29 is 13.9 Å². The fourth-order valence-corrected chi connectivity index (χ4v) is 0.858. The van der Waals surface area contributed by atoms with E-state index in [9.17, 15) is 9.18 Å². The molecule has 0 saturated heterocycles. The van der Waals surface area contributed by atoms with Gasteiger partial charge in [0.15, 0.2) is 11.5 Å². The summed E-state index contributed by atoms with van der Waals surface area (Å²) in [5.41, 5.74) is 0.113. The highest BCUT2D eigenvalue weighted by Crippen LogP contribution is 2.07. The van der Waals surface area contributed by atoms with Crippen LogP contribution >= 0.6 is 0 Å². The van der Waals surface area contributed by atoms with E-state index in [1.165, 1.54) is 19.4 Å². The molecule has 5 heteroatoms. The van der Waals surface area contributed by atoms with Gasteiger partial charge >= 0.3 is 5.97 Å². The number of esters is 1. The Balaban J connectivity index is 2.90. The third-order valence-corrected chi connectivity index (χ3v) is 1.58. The van der Waals surface area contributed by atoms with Crippen molar-refractivity contribution in [2.75, 3.05) is 7.11 Å². The first-order valence-electron chi connectivity index (χ1n) is 3.99. The van der Waals surface area contributed by atoms with E-state index in [0.717, 1.165) is 12.1 Å². The van der Waals surface area contributed by atoms with Crippen molar-refractivity contribution in [3.8, 4) is 6.07 Å². The number of rotatable bonds is 2. The van der Waals surface area contributed by atoms with Crippen LogP contribution in [-0.4, -0.2) is 18.1 Å². The highest BCUT2D eigenvalue weighted by atomic mass is 19.1. The van der Waals surface area contributed by atoms with Gasteiger partial charge in [0, 0.05) is 12.3 Å². The topological polar surface area (TPSA) is 63.0 Å². The van der Waals surface area contributed by atoms with Gasteiger partial charge in [-0.3, -0.25) is 0 Å². The summed E-state index contributed by atoms with van der Waals surface area (Å²) >= 11 is 0. The highest BCUT2D eigenvalue weighted by Gasteiger charge is 2.02. The number of methoxy groups -OCH3 is 1. The molecule has 0 bridgehead atoms. The van der Waals surface area contributed by atoms with Gasteiger partial charge in [-0.1, -0.05) is 0 Å². The summed E-state index contributed by atoms with van der Waals surface area (Å²) in [4.78, 5) is 14.3. The first-order chi connectivity index (χ1) is 7.17. The number of nitriles is 1. The van der Waals surface area contributed by atoms with Gasteiger partial charge in [0.1, 0.15) is 6.07 Å². The van der Waals surface area contributed by atoms with E-state index in [-0.39, 0.29) is 5.69 Å². The Kier molecular flexibility index (Phi) is 3.52. The minimum Gasteiger partial charge on any atom is -0.466 e. The van der Waals surface area contributed by atoms with Crippen molar-refractivity contribution in [1.82, 2.24) is 4.98 Å². The van der Waals surface area contributed by atoms with Crippen molar-refractivity contribution in [3.63, 3.8) is 0 Å².